The van der Waals surface area contributed by atoms with Gasteiger partial charge in [-0.3, -0.25) is 0 Å². The summed E-state index contributed by atoms with van der Waals surface area (Å²) in [6.45, 7) is 0. The molecule has 178 valence electrons. The summed E-state index contributed by atoms with van der Waals surface area (Å²) in [6, 6.07) is 42.8. The van der Waals surface area contributed by atoms with Crippen LogP contribution in [0.15, 0.2) is 121 Å². The zero-order valence-corrected chi connectivity index (χ0v) is 23.8. The van der Waals surface area contributed by atoms with Crippen LogP contribution in [0.25, 0.3) is 11.1 Å². The minimum atomic E-state index is -2.30. The smallest absolute Gasteiger partial charge is 0.135 e. The third kappa shape index (κ3) is 4.03. The van der Waals surface area contributed by atoms with Crippen molar-refractivity contribution in [1.82, 2.24) is 0 Å². The summed E-state index contributed by atoms with van der Waals surface area (Å²) in [5.41, 5.74) is 4.55. The fourth-order valence-corrected chi connectivity index (χ4v) is 11.3. The van der Waals surface area contributed by atoms with E-state index >= 15 is 0 Å². The second-order valence-corrected chi connectivity index (χ2v) is 13.5. The molecule has 0 aliphatic heterocycles. The molecule has 1 aliphatic carbocycles. The standard InChI is InChI=1S/C31H21Cl3P.BrH/c32-21-16-17-26-27(18-21)31(28-19-22(33)20-29(34)30(26)28)35(23-10-4-1-5-11-23,24-12-6-2-7-13-24)25-14-8-3-9-15-25;/h1-20,31H;1H/q+1;/p-1. The molecular weight excluding hydrogens is 590 g/mol. The molecule has 1 unspecified atom stereocenters. The molecule has 0 amide bonds. The Bertz CT molecular complexity index is 1430. The van der Waals surface area contributed by atoms with Crippen LogP contribution in [-0.2, 0) is 0 Å². The van der Waals surface area contributed by atoms with Crippen LogP contribution in [0.3, 0.4) is 0 Å². The van der Waals surface area contributed by atoms with Gasteiger partial charge < -0.3 is 17.0 Å². The molecule has 6 rings (SSSR count). The molecule has 0 bridgehead atoms. The summed E-state index contributed by atoms with van der Waals surface area (Å²) < 4.78 is 0. The summed E-state index contributed by atoms with van der Waals surface area (Å²) in [6.07, 6.45) is 0. The lowest BCUT2D eigenvalue weighted by atomic mass is 10.1. The van der Waals surface area contributed by atoms with Crippen molar-refractivity contribution in [3.05, 3.63) is 148 Å². The zero-order chi connectivity index (χ0) is 24.0. The number of halogens is 4. The summed E-state index contributed by atoms with van der Waals surface area (Å²) in [5, 5.41) is 5.94. The van der Waals surface area contributed by atoms with Gasteiger partial charge in [-0.05, 0) is 66.2 Å². The van der Waals surface area contributed by atoms with E-state index in [-0.39, 0.29) is 22.6 Å². The molecule has 0 aromatic heterocycles. The van der Waals surface area contributed by atoms with Gasteiger partial charge in [0, 0.05) is 26.7 Å². The van der Waals surface area contributed by atoms with E-state index in [9.17, 15) is 0 Å². The fourth-order valence-electron chi connectivity index (χ4n) is 5.55. The topological polar surface area (TPSA) is 0 Å². The fraction of sp³-hybridized carbons (Fsp3) is 0.0323. The highest BCUT2D eigenvalue weighted by Gasteiger charge is 2.57. The lowest BCUT2D eigenvalue weighted by Gasteiger charge is -2.34. The first-order valence-electron chi connectivity index (χ1n) is 11.4. The van der Waals surface area contributed by atoms with E-state index in [2.05, 4.69) is 109 Å². The Kier molecular flexibility index (Phi) is 7.32. The predicted octanol–water partition coefficient (Wildman–Crippen LogP) is 5.71. The van der Waals surface area contributed by atoms with Crippen molar-refractivity contribution < 1.29 is 17.0 Å². The molecule has 0 spiro atoms. The van der Waals surface area contributed by atoms with Crippen molar-refractivity contribution in [1.29, 1.82) is 0 Å². The second kappa shape index (κ2) is 10.3. The van der Waals surface area contributed by atoms with Crippen LogP contribution >= 0.6 is 42.1 Å². The number of benzene rings is 5. The SMILES string of the molecule is Clc1ccc2c(c1)C([P+](c1ccccc1)(c1ccccc1)c1ccccc1)c1cc(Cl)cc(Cl)c1-2.[Br-]. The second-order valence-electron chi connectivity index (χ2n) is 8.72. The lowest BCUT2D eigenvalue weighted by molar-refractivity contribution is -0.00000634. The van der Waals surface area contributed by atoms with E-state index in [0.29, 0.717) is 10.0 Å². The number of fused-ring (bicyclic) bond motifs is 3. The Hall–Kier alpha value is -2.12. The molecule has 1 aliphatic rings. The highest BCUT2D eigenvalue weighted by Crippen LogP contribution is 2.73. The van der Waals surface area contributed by atoms with E-state index < -0.39 is 7.26 Å². The molecule has 36 heavy (non-hydrogen) atoms. The number of rotatable bonds is 4. The average molecular weight is 611 g/mol. The molecular formula is C31H21BrCl3P. The van der Waals surface area contributed by atoms with Gasteiger partial charge >= 0.3 is 0 Å². The molecule has 1 atom stereocenters. The quantitative estimate of drug-likeness (QED) is 0.229. The molecule has 5 aromatic rings. The van der Waals surface area contributed by atoms with Crippen LogP contribution in [-0.4, -0.2) is 0 Å². The van der Waals surface area contributed by atoms with Crippen molar-refractivity contribution in [3.63, 3.8) is 0 Å². The first-order chi connectivity index (χ1) is 17.1. The maximum atomic E-state index is 6.89. The Morgan fingerprint density at radius 3 is 1.47 bits per heavy atom. The molecule has 0 saturated heterocycles. The third-order valence-corrected chi connectivity index (χ3v) is 12.3. The molecule has 5 aromatic carbocycles. The minimum absolute atomic E-state index is 0. The van der Waals surface area contributed by atoms with Crippen LogP contribution in [0.5, 0.6) is 0 Å². The molecule has 5 heteroatoms. The molecule has 0 nitrogen and oxygen atoms in total. The maximum absolute atomic E-state index is 6.89. The molecule has 0 fully saturated rings. The van der Waals surface area contributed by atoms with Gasteiger partial charge in [0.1, 0.15) is 28.8 Å². The van der Waals surface area contributed by atoms with Gasteiger partial charge in [-0.15, -0.1) is 0 Å². The van der Waals surface area contributed by atoms with Crippen molar-refractivity contribution in [2.45, 2.75) is 5.66 Å². The molecule has 0 saturated carbocycles. The summed E-state index contributed by atoms with van der Waals surface area (Å²) in [5.74, 6) is 0. The molecule has 0 heterocycles. The lowest BCUT2D eigenvalue weighted by Crippen LogP contribution is -3.00. The Labute approximate surface area is 238 Å². The Morgan fingerprint density at radius 2 is 0.972 bits per heavy atom. The minimum Gasteiger partial charge on any atom is -1.00 e. The monoisotopic (exact) mass is 608 g/mol. The van der Waals surface area contributed by atoms with Crippen LogP contribution in [0, 0.1) is 0 Å². The van der Waals surface area contributed by atoms with Gasteiger partial charge in [-0.1, -0.05) is 95.5 Å². The van der Waals surface area contributed by atoms with Crippen LogP contribution in [0.2, 0.25) is 15.1 Å². The van der Waals surface area contributed by atoms with Gasteiger partial charge in [-0.2, -0.15) is 0 Å². The average Bonchev–Trinajstić information content (AvgIpc) is 3.20. The normalized spacial score (nSPS) is 14.0. The maximum Gasteiger partial charge on any atom is 0.135 e. The zero-order valence-electron chi connectivity index (χ0n) is 19.1. The van der Waals surface area contributed by atoms with Gasteiger partial charge in [0.15, 0.2) is 0 Å². The van der Waals surface area contributed by atoms with E-state index in [1.807, 2.05) is 12.1 Å². The summed E-state index contributed by atoms with van der Waals surface area (Å²) in [7, 11) is -2.30. The first kappa shape index (κ1) is 25.5. The van der Waals surface area contributed by atoms with Gasteiger partial charge in [0.25, 0.3) is 0 Å². The van der Waals surface area contributed by atoms with Crippen molar-refractivity contribution in [2.75, 3.05) is 0 Å². The Morgan fingerprint density at radius 1 is 0.500 bits per heavy atom. The van der Waals surface area contributed by atoms with Crippen LogP contribution in [0.4, 0.5) is 0 Å². The van der Waals surface area contributed by atoms with E-state index in [1.54, 1.807) is 0 Å². The van der Waals surface area contributed by atoms with Crippen molar-refractivity contribution in [3.8, 4) is 11.1 Å². The largest absolute Gasteiger partial charge is 1.00 e. The van der Waals surface area contributed by atoms with Gasteiger partial charge in [0.2, 0.25) is 0 Å². The van der Waals surface area contributed by atoms with Crippen LogP contribution < -0.4 is 32.9 Å². The van der Waals surface area contributed by atoms with Gasteiger partial charge in [-0.25, -0.2) is 0 Å². The third-order valence-electron chi connectivity index (χ3n) is 6.84. The molecule has 0 radical (unpaired) electrons. The number of hydrogen-bond donors (Lipinski definition) is 0. The predicted molar refractivity (Wildman–Crippen MR) is 154 cm³/mol. The highest BCUT2D eigenvalue weighted by molar-refractivity contribution is 7.96. The first-order valence-corrected chi connectivity index (χ1v) is 14.4. The van der Waals surface area contributed by atoms with Crippen LogP contribution in [0.1, 0.15) is 16.8 Å². The van der Waals surface area contributed by atoms with Crippen molar-refractivity contribution >= 4 is 58.0 Å². The van der Waals surface area contributed by atoms with Gasteiger partial charge in [0.05, 0.1) is 5.02 Å². The summed E-state index contributed by atoms with van der Waals surface area (Å²) >= 11 is 20.2. The van der Waals surface area contributed by atoms with E-state index in [0.717, 1.165) is 21.7 Å². The summed E-state index contributed by atoms with van der Waals surface area (Å²) in [4.78, 5) is 0. The highest BCUT2D eigenvalue weighted by atomic mass is 79.9. The van der Waals surface area contributed by atoms with E-state index in [4.69, 9.17) is 34.8 Å². The molecule has 0 N–H and O–H groups in total. The van der Waals surface area contributed by atoms with E-state index in [1.165, 1.54) is 21.5 Å². The number of hydrogen-bond acceptors (Lipinski definition) is 0. The Balaban J connectivity index is 0.00000267. The van der Waals surface area contributed by atoms with Crippen molar-refractivity contribution in [2.24, 2.45) is 0 Å².